The zero-order valence-corrected chi connectivity index (χ0v) is 12.0. The number of hydrogen-bond donors (Lipinski definition) is 2. The molecule has 1 aromatic rings. The largest absolute Gasteiger partial charge is 0.384 e. The van der Waals surface area contributed by atoms with Crippen molar-refractivity contribution in [3.63, 3.8) is 0 Å². The first kappa shape index (κ1) is 13.7. The fourth-order valence-electron chi connectivity index (χ4n) is 2.06. The van der Waals surface area contributed by atoms with Gasteiger partial charge in [0.05, 0.1) is 0 Å². The summed E-state index contributed by atoms with van der Waals surface area (Å²) in [4.78, 5) is 2.45. The summed E-state index contributed by atoms with van der Waals surface area (Å²) in [5.74, 6) is 2.43. The molecule has 0 spiro atoms. The van der Waals surface area contributed by atoms with E-state index in [-0.39, 0.29) is 5.84 Å². The summed E-state index contributed by atoms with van der Waals surface area (Å²) in [7, 11) is 0. The summed E-state index contributed by atoms with van der Waals surface area (Å²) in [5, 5.41) is 8.10. The number of thioether (sulfide) groups is 1. The summed E-state index contributed by atoms with van der Waals surface area (Å²) in [6.07, 6.45) is 0. The quantitative estimate of drug-likeness (QED) is 0.662. The molecule has 1 saturated heterocycles. The van der Waals surface area contributed by atoms with Gasteiger partial charge in [-0.1, -0.05) is 23.7 Å². The summed E-state index contributed by atoms with van der Waals surface area (Å²) in [6, 6.07) is 6.22. The van der Waals surface area contributed by atoms with Crippen molar-refractivity contribution in [1.29, 1.82) is 5.41 Å². The molecule has 1 atom stereocenters. The van der Waals surface area contributed by atoms with E-state index in [1.807, 2.05) is 23.9 Å². The molecule has 0 aliphatic carbocycles. The predicted molar refractivity (Wildman–Crippen MR) is 79.7 cm³/mol. The standard InChI is InChI=1S/C13H18ClN3S/c1-9-8-18-5-4-17(9)7-11-3-2-10(13(15)16)6-12(11)14/h2-3,6,9H,4-5,7-8H2,1H3,(H3,15,16). The number of rotatable bonds is 3. The minimum atomic E-state index is 0.0613. The van der Waals surface area contributed by atoms with Gasteiger partial charge in [-0.3, -0.25) is 10.3 Å². The highest BCUT2D eigenvalue weighted by molar-refractivity contribution is 7.99. The van der Waals surface area contributed by atoms with E-state index in [0.717, 1.165) is 18.7 Å². The van der Waals surface area contributed by atoms with Crippen LogP contribution in [0.4, 0.5) is 0 Å². The Balaban J connectivity index is 2.11. The summed E-state index contributed by atoms with van der Waals surface area (Å²) < 4.78 is 0. The number of hydrogen-bond acceptors (Lipinski definition) is 3. The first-order valence-electron chi connectivity index (χ1n) is 6.02. The molecule has 18 heavy (non-hydrogen) atoms. The molecule has 0 amide bonds. The molecular weight excluding hydrogens is 266 g/mol. The average molecular weight is 284 g/mol. The predicted octanol–water partition coefficient (Wildman–Crippen LogP) is 2.56. The molecule has 1 fully saturated rings. The molecule has 1 aromatic carbocycles. The van der Waals surface area contributed by atoms with Crippen molar-refractivity contribution in [2.24, 2.45) is 5.73 Å². The van der Waals surface area contributed by atoms with Crippen LogP contribution >= 0.6 is 23.4 Å². The van der Waals surface area contributed by atoms with Gasteiger partial charge in [-0.2, -0.15) is 11.8 Å². The highest BCUT2D eigenvalue weighted by Crippen LogP contribution is 2.23. The van der Waals surface area contributed by atoms with Crippen LogP contribution in [0.15, 0.2) is 18.2 Å². The van der Waals surface area contributed by atoms with Crippen LogP contribution in [0.25, 0.3) is 0 Å². The normalized spacial score (nSPS) is 20.9. The van der Waals surface area contributed by atoms with E-state index < -0.39 is 0 Å². The lowest BCUT2D eigenvalue weighted by Crippen LogP contribution is -2.39. The van der Waals surface area contributed by atoms with Crippen molar-refractivity contribution in [3.05, 3.63) is 34.3 Å². The summed E-state index contributed by atoms with van der Waals surface area (Å²) >= 11 is 8.26. The lowest BCUT2D eigenvalue weighted by atomic mass is 10.1. The minimum Gasteiger partial charge on any atom is -0.384 e. The number of benzene rings is 1. The van der Waals surface area contributed by atoms with E-state index in [2.05, 4.69) is 11.8 Å². The van der Waals surface area contributed by atoms with Crippen molar-refractivity contribution < 1.29 is 0 Å². The first-order valence-corrected chi connectivity index (χ1v) is 7.56. The van der Waals surface area contributed by atoms with Crippen LogP contribution in [0.3, 0.4) is 0 Å². The summed E-state index contributed by atoms with van der Waals surface area (Å²) in [5.41, 5.74) is 7.25. The van der Waals surface area contributed by atoms with E-state index >= 15 is 0 Å². The van der Waals surface area contributed by atoms with Gasteiger partial charge < -0.3 is 5.73 Å². The molecule has 0 radical (unpaired) electrons. The Labute approximate surface area is 117 Å². The number of nitrogen functional groups attached to an aromatic ring is 1. The molecule has 0 aromatic heterocycles. The molecule has 0 bridgehead atoms. The lowest BCUT2D eigenvalue weighted by Gasteiger charge is -2.33. The number of nitrogens with zero attached hydrogens (tertiary/aromatic N) is 1. The van der Waals surface area contributed by atoms with Crippen molar-refractivity contribution >= 4 is 29.2 Å². The van der Waals surface area contributed by atoms with Crippen molar-refractivity contribution in [3.8, 4) is 0 Å². The van der Waals surface area contributed by atoms with Crippen LogP contribution < -0.4 is 5.73 Å². The number of nitrogens with one attached hydrogen (secondary N) is 1. The molecule has 2 rings (SSSR count). The maximum Gasteiger partial charge on any atom is 0.122 e. The molecule has 1 aliphatic rings. The first-order chi connectivity index (χ1) is 8.58. The van der Waals surface area contributed by atoms with Crippen LogP contribution in [-0.4, -0.2) is 34.8 Å². The second kappa shape index (κ2) is 5.95. The summed E-state index contributed by atoms with van der Waals surface area (Å²) in [6.45, 7) is 4.24. The molecule has 1 unspecified atom stereocenters. The molecule has 3 N–H and O–H groups in total. The third-order valence-electron chi connectivity index (χ3n) is 3.24. The number of nitrogens with two attached hydrogens (primary N) is 1. The maximum absolute atomic E-state index is 7.39. The van der Waals surface area contributed by atoms with Crippen LogP contribution in [0.2, 0.25) is 5.02 Å². The SMILES string of the molecule is CC1CSCCN1Cc1ccc(C(=N)N)cc1Cl. The third kappa shape index (κ3) is 3.19. The molecule has 3 nitrogen and oxygen atoms in total. The van der Waals surface area contributed by atoms with Crippen LogP contribution in [0.5, 0.6) is 0 Å². The fourth-order valence-corrected chi connectivity index (χ4v) is 3.38. The molecule has 98 valence electrons. The minimum absolute atomic E-state index is 0.0613. The zero-order valence-electron chi connectivity index (χ0n) is 10.4. The molecule has 0 saturated carbocycles. The van der Waals surface area contributed by atoms with Crippen molar-refractivity contribution in [2.45, 2.75) is 19.5 Å². The van der Waals surface area contributed by atoms with Crippen LogP contribution in [0.1, 0.15) is 18.1 Å². The van der Waals surface area contributed by atoms with Gasteiger partial charge in [0.2, 0.25) is 0 Å². The topological polar surface area (TPSA) is 53.1 Å². The van der Waals surface area contributed by atoms with E-state index in [9.17, 15) is 0 Å². The highest BCUT2D eigenvalue weighted by atomic mass is 35.5. The van der Waals surface area contributed by atoms with Gasteiger partial charge in [-0.15, -0.1) is 0 Å². The van der Waals surface area contributed by atoms with Gasteiger partial charge in [0.1, 0.15) is 5.84 Å². The maximum atomic E-state index is 7.39. The lowest BCUT2D eigenvalue weighted by molar-refractivity contribution is 0.224. The van der Waals surface area contributed by atoms with Crippen LogP contribution in [-0.2, 0) is 6.54 Å². The molecule has 1 heterocycles. The zero-order chi connectivity index (χ0) is 13.1. The van der Waals surface area contributed by atoms with E-state index in [4.69, 9.17) is 22.7 Å². The van der Waals surface area contributed by atoms with Gasteiger partial charge in [0, 0.05) is 41.2 Å². The smallest absolute Gasteiger partial charge is 0.122 e. The monoisotopic (exact) mass is 283 g/mol. The van der Waals surface area contributed by atoms with Gasteiger partial charge in [0.15, 0.2) is 0 Å². The van der Waals surface area contributed by atoms with Gasteiger partial charge >= 0.3 is 0 Å². The Bertz CT molecular complexity index is 450. The number of halogens is 1. The molecular formula is C13H18ClN3S. The Hall–Kier alpha value is -0.710. The van der Waals surface area contributed by atoms with Gasteiger partial charge in [0.25, 0.3) is 0 Å². The Kier molecular flexibility index (Phi) is 4.54. The third-order valence-corrected chi connectivity index (χ3v) is 4.78. The number of amidine groups is 1. The fraction of sp³-hybridized carbons (Fsp3) is 0.462. The Morgan fingerprint density at radius 1 is 1.61 bits per heavy atom. The Morgan fingerprint density at radius 2 is 2.39 bits per heavy atom. The van der Waals surface area contributed by atoms with E-state index in [1.165, 1.54) is 11.5 Å². The van der Waals surface area contributed by atoms with Gasteiger partial charge in [-0.25, -0.2) is 0 Å². The molecule has 5 heteroatoms. The van der Waals surface area contributed by atoms with E-state index in [1.54, 1.807) is 6.07 Å². The highest BCUT2D eigenvalue weighted by Gasteiger charge is 2.19. The van der Waals surface area contributed by atoms with Crippen LogP contribution in [0, 0.1) is 5.41 Å². The average Bonchev–Trinajstić information content (AvgIpc) is 2.34. The van der Waals surface area contributed by atoms with E-state index in [0.29, 0.717) is 16.6 Å². The molecule has 1 aliphatic heterocycles. The Morgan fingerprint density at radius 3 is 3.00 bits per heavy atom. The second-order valence-electron chi connectivity index (χ2n) is 4.61. The second-order valence-corrected chi connectivity index (χ2v) is 6.17. The van der Waals surface area contributed by atoms with Gasteiger partial charge in [-0.05, 0) is 18.6 Å². The van der Waals surface area contributed by atoms with Crippen molar-refractivity contribution in [2.75, 3.05) is 18.1 Å². The van der Waals surface area contributed by atoms with Crippen molar-refractivity contribution in [1.82, 2.24) is 4.90 Å².